The SMILES string of the molecule is C=CCC1COC(C(=C)C)=N1. The zero-order valence-electron chi connectivity index (χ0n) is 6.84. The average Bonchev–Trinajstić information content (AvgIpc) is 2.37. The van der Waals surface area contributed by atoms with E-state index in [9.17, 15) is 0 Å². The molecule has 0 aromatic carbocycles. The molecule has 0 aromatic rings. The van der Waals surface area contributed by atoms with E-state index in [0.717, 1.165) is 12.0 Å². The van der Waals surface area contributed by atoms with Crippen molar-refractivity contribution in [2.45, 2.75) is 19.4 Å². The molecule has 60 valence electrons. The summed E-state index contributed by atoms with van der Waals surface area (Å²) < 4.78 is 5.28. The minimum atomic E-state index is 0.263. The molecule has 0 spiro atoms. The summed E-state index contributed by atoms with van der Waals surface area (Å²) in [5, 5.41) is 0. The Kier molecular flexibility index (Phi) is 2.47. The predicted octanol–water partition coefficient (Wildman–Crippen LogP) is 1.94. The van der Waals surface area contributed by atoms with E-state index < -0.39 is 0 Å². The highest BCUT2D eigenvalue weighted by Crippen LogP contribution is 2.12. The lowest BCUT2D eigenvalue weighted by atomic mass is 10.2. The van der Waals surface area contributed by atoms with Crippen molar-refractivity contribution in [2.75, 3.05) is 6.61 Å². The number of rotatable bonds is 3. The van der Waals surface area contributed by atoms with Crippen molar-refractivity contribution in [3.05, 3.63) is 24.8 Å². The summed E-state index contributed by atoms with van der Waals surface area (Å²) in [6, 6.07) is 0.263. The van der Waals surface area contributed by atoms with Crippen LogP contribution in [0.1, 0.15) is 13.3 Å². The van der Waals surface area contributed by atoms with Gasteiger partial charge < -0.3 is 4.74 Å². The van der Waals surface area contributed by atoms with Gasteiger partial charge in [0, 0.05) is 5.57 Å². The highest BCUT2D eigenvalue weighted by atomic mass is 16.5. The van der Waals surface area contributed by atoms with Gasteiger partial charge in [0.05, 0.1) is 6.04 Å². The van der Waals surface area contributed by atoms with E-state index in [-0.39, 0.29) is 6.04 Å². The van der Waals surface area contributed by atoms with Crippen molar-refractivity contribution in [2.24, 2.45) is 4.99 Å². The van der Waals surface area contributed by atoms with Gasteiger partial charge in [-0.3, -0.25) is 0 Å². The number of ether oxygens (including phenoxy) is 1. The Hall–Kier alpha value is -1.05. The van der Waals surface area contributed by atoms with Gasteiger partial charge in [-0.2, -0.15) is 0 Å². The van der Waals surface area contributed by atoms with Gasteiger partial charge >= 0.3 is 0 Å². The molecule has 1 rings (SSSR count). The van der Waals surface area contributed by atoms with Crippen LogP contribution >= 0.6 is 0 Å². The zero-order chi connectivity index (χ0) is 8.27. The first-order valence-corrected chi connectivity index (χ1v) is 3.71. The van der Waals surface area contributed by atoms with Gasteiger partial charge in [0.15, 0.2) is 0 Å². The summed E-state index contributed by atoms with van der Waals surface area (Å²) in [6.07, 6.45) is 2.75. The van der Waals surface area contributed by atoms with Crippen LogP contribution in [0.2, 0.25) is 0 Å². The maximum Gasteiger partial charge on any atom is 0.211 e. The van der Waals surface area contributed by atoms with Gasteiger partial charge in [-0.25, -0.2) is 4.99 Å². The van der Waals surface area contributed by atoms with Crippen LogP contribution in [0.15, 0.2) is 29.8 Å². The number of nitrogens with zero attached hydrogens (tertiary/aromatic N) is 1. The van der Waals surface area contributed by atoms with Gasteiger partial charge in [-0.15, -0.1) is 6.58 Å². The van der Waals surface area contributed by atoms with E-state index in [2.05, 4.69) is 18.2 Å². The topological polar surface area (TPSA) is 21.6 Å². The maximum absolute atomic E-state index is 5.28. The second-order valence-electron chi connectivity index (χ2n) is 2.70. The minimum absolute atomic E-state index is 0.263. The second-order valence-corrected chi connectivity index (χ2v) is 2.70. The fourth-order valence-electron chi connectivity index (χ4n) is 0.962. The second kappa shape index (κ2) is 3.37. The van der Waals surface area contributed by atoms with E-state index in [4.69, 9.17) is 4.74 Å². The largest absolute Gasteiger partial charge is 0.475 e. The average molecular weight is 151 g/mol. The highest BCUT2D eigenvalue weighted by molar-refractivity contribution is 5.93. The molecule has 1 atom stereocenters. The van der Waals surface area contributed by atoms with Gasteiger partial charge in [-0.1, -0.05) is 12.7 Å². The molecule has 1 aliphatic heterocycles. The molecule has 2 heteroatoms. The molecule has 1 aliphatic rings. The molecule has 1 unspecified atom stereocenters. The van der Waals surface area contributed by atoms with Crippen LogP contribution in [0.4, 0.5) is 0 Å². The van der Waals surface area contributed by atoms with E-state index in [0.29, 0.717) is 12.5 Å². The van der Waals surface area contributed by atoms with Gasteiger partial charge in [0.1, 0.15) is 6.61 Å². The molecule has 0 amide bonds. The first kappa shape index (κ1) is 8.05. The molecule has 0 N–H and O–H groups in total. The molecular weight excluding hydrogens is 138 g/mol. The number of hydrogen-bond acceptors (Lipinski definition) is 2. The lowest BCUT2D eigenvalue weighted by Gasteiger charge is -1.97. The Balaban J connectivity index is 2.53. The molecule has 2 nitrogen and oxygen atoms in total. The normalized spacial score (nSPS) is 22.3. The van der Waals surface area contributed by atoms with Gasteiger partial charge in [0.2, 0.25) is 5.90 Å². The molecule has 0 saturated heterocycles. The first-order valence-electron chi connectivity index (χ1n) is 3.71. The Morgan fingerprint density at radius 1 is 1.91 bits per heavy atom. The number of aliphatic imine (C=N–C) groups is 1. The van der Waals surface area contributed by atoms with Crippen LogP contribution < -0.4 is 0 Å². The van der Waals surface area contributed by atoms with Crippen LogP contribution in [-0.4, -0.2) is 18.5 Å². The van der Waals surface area contributed by atoms with Crippen molar-refractivity contribution in [3.8, 4) is 0 Å². The maximum atomic E-state index is 5.28. The predicted molar refractivity (Wildman–Crippen MR) is 46.8 cm³/mol. The van der Waals surface area contributed by atoms with Crippen LogP contribution in [0.5, 0.6) is 0 Å². The lowest BCUT2D eigenvalue weighted by Crippen LogP contribution is -2.03. The molecule has 0 saturated carbocycles. The zero-order valence-corrected chi connectivity index (χ0v) is 6.84. The summed E-state index contributed by atoms with van der Waals surface area (Å²) in [5.74, 6) is 0.705. The summed E-state index contributed by atoms with van der Waals surface area (Å²) in [7, 11) is 0. The molecule has 11 heavy (non-hydrogen) atoms. The van der Waals surface area contributed by atoms with Crippen LogP contribution in [0.25, 0.3) is 0 Å². The highest BCUT2D eigenvalue weighted by Gasteiger charge is 2.16. The quantitative estimate of drug-likeness (QED) is 0.565. The summed E-state index contributed by atoms with van der Waals surface area (Å²) in [5.41, 5.74) is 0.900. The van der Waals surface area contributed by atoms with E-state index in [1.54, 1.807) is 0 Å². The molecule has 0 bridgehead atoms. The first-order chi connectivity index (χ1) is 5.24. The van der Waals surface area contributed by atoms with Crippen LogP contribution in [0.3, 0.4) is 0 Å². The summed E-state index contributed by atoms with van der Waals surface area (Å²) in [4.78, 5) is 4.30. The van der Waals surface area contributed by atoms with Gasteiger partial charge in [-0.05, 0) is 13.3 Å². The third kappa shape index (κ3) is 1.93. The van der Waals surface area contributed by atoms with Gasteiger partial charge in [0.25, 0.3) is 0 Å². The van der Waals surface area contributed by atoms with Crippen molar-refractivity contribution in [3.63, 3.8) is 0 Å². The molecule has 1 heterocycles. The molecule has 0 radical (unpaired) electrons. The van der Waals surface area contributed by atoms with Crippen molar-refractivity contribution < 1.29 is 4.74 Å². The Bertz CT molecular complexity index is 206. The smallest absolute Gasteiger partial charge is 0.211 e. The fraction of sp³-hybridized carbons (Fsp3) is 0.444. The number of hydrogen-bond donors (Lipinski definition) is 0. The molecule has 0 fully saturated rings. The molecular formula is C9H13NO. The van der Waals surface area contributed by atoms with Crippen LogP contribution in [0, 0.1) is 0 Å². The third-order valence-corrected chi connectivity index (χ3v) is 1.52. The van der Waals surface area contributed by atoms with Crippen LogP contribution in [-0.2, 0) is 4.74 Å². The van der Waals surface area contributed by atoms with E-state index in [1.165, 1.54) is 0 Å². The lowest BCUT2D eigenvalue weighted by molar-refractivity contribution is 0.317. The fourth-order valence-corrected chi connectivity index (χ4v) is 0.962. The third-order valence-electron chi connectivity index (χ3n) is 1.52. The monoisotopic (exact) mass is 151 g/mol. The Morgan fingerprint density at radius 3 is 3.09 bits per heavy atom. The molecule has 0 aromatic heterocycles. The van der Waals surface area contributed by atoms with Crippen molar-refractivity contribution >= 4 is 5.90 Å². The Morgan fingerprint density at radius 2 is 2.64 bits per heavy atom. The van der Waals surface area contributed by atoms with Crippen molar-refractivity contribution in [1.82, 2.24) is 0 Å². The summed E-state index contributed by atoms with van der Waals surface area (Å²) in [6.45, 7) is 9.97. The van der Waals surface area contributed by atoms with Crippen molar-refractivity contribution in [1.29, 1.82) is 0 Å². The van der Waals surface area contributed by atoms with E-state index >= 15 is 0 Å². The minimum Gasteiger partial charge on any atom is -0.475 e. The standard InChI is InChI=1S/C9H13NO/c1-4-5-8-6-11-9(10-8)7(2)3/h4,8H,1-2,5-6H2,3H3. The molecule has 0 aliphatic carbocycles. The van der Waals surface area contributed by atoms with E-state index in [1.807, 2.05) is 13.0 Å². The Labute approximate surface area is 67.3 Å². The summed E-state index contributed by atoms with van der Waals surface area (Å²) >= 11 is 0.